The molecule has 0 bridgehead atoms. The summed E-state index contributed by atoms with van der Waals surface area (Å²) in [5.74, 6) is -1.25. The van der Waals surface area contributed by atoms with Crippen molar-refractivity contribution in [3.63, 3.8) is 0 Å². The fourth-order valence-electron chi connectivity index (χ4n) is 2.33. The fraction of sp³-hybridized carbons (Fsp3) is 0.800. The maximum atomic E-state index is 11.7. The van der Waals surface area contributed by atoms with Gasteiger partial charge in [-0.2, -0.15) is 4.31 Å². The third kappa shape index (κ3) is 3.95. The van der Waals surface area contributed by atoms with Crippen molar-refractivity contribution in [2.24, 2.45) is 0 Å². The SMILES string of the molecule is CC(=O)NC[C@@H]1CC[C@H](CC(=O)O)N1S(C)(=O)=O. The average molecular weight is 278 g/mol. The van der Waals surface area contributed by atoms with Gasteiger partial charge in [0, 0.05) is 25.6 Å². The number of carboxylic acids is 1. The van der Waals surface area contributed by atoms with Gasteiger partial charge in [0.05, 0.1) is 12.7 Å². The molecular formula is C10H18N2O5S. The van der Waals surface area contributed by atoms with Crippen molar-refractivity contribution in [3.05, 3.63) is 0 Å². The minimum Gasteiger partial charge on any atom is -0.481 e. The minimum absolute atomic E-state index is 0.205. The monoisotopic (exact) mass is 278 g/mol. The van der Waals surface area contributed by atoms with Crippen molar-refractivity contribution < 1.29 is 23.1 Å². The summed E-state index contributed by atoms with van der Waals surface area (Å²) in [4.78, 5) is 21.6. The summed E-state index contributed by atoms with van der Waals surface area (Å²) in [5.41, 5.74) is 0. The maximum absolute atomic E-state index is 11.7. The summed E-state index contributed by atoms with van der Waals surface area (Å²) in [6.07, 6.45) is 1.92. The lowest BCUT2D eigenvalue weighted by molar-refractivity contribution is -0.137. The molecule has 1 heterocycles. The Morgan fingerprint density at radius 3 is 2.33 bits per heavy atom. The molecule has 8 heteroatoms. The highest BCUT2D eigenvalue weighted by molar-refractivity contribution is 7.88. The lowest BCUT2D eigenvalue weighted by Gasteiger charge is -2.27. The average Bonchev–Trinajstić information content (AvgIpc) is 2.56. The van der Waals surface area contributed by atoms with E-state index in [1.165, 1.54) is 11.2 Å². The van der Waals surface area contributed by atoms with Crippen molar-refractivity contribution in [2.45, 2.75) is 38.3 Å². The van der Waals surface area contributed by atoms with Crippen molar-refractivity contribution in [3.8, 4) is 0 Å². The molecule has 1 fully saturated rings. The van der Waals surface area contributed by atoms with E-state index in [0.717, 1.165) is 6.26 Å². The van der Waals surface area contributed by atoms with Crippen LogP contribution in [0.1, 0.15) is 26.2 Å². The molecule has 2 atom stereocenters. The number of amides is 1. The van der Waals surface area contributed by atoms with E-state index in [4.69, 9.17) is 5.11 Å². The largest absolute Gasteiger partial charge is 0.481 e. The van der Waals surface area contributed by atoms with Gasteiger partial charge in [-0.15, -0.1) is 0 Å². The zero-order valence-electron chi connectivity index (χ0n) is 10.4. The van der Waals surface area contributed by atoms with Crippen LogP contribution in [0.4, 0.5) is 0 Å². The number of sulfonamides is 1. The van der Waals surface area contributed by atoms with E-state index in [1.807, 2.05) is 0 Å². The molecule has 0 radical (unpaired) electrons. The first kappa shape index (κ1) is 14.9. The van der Waals surface area contributed by atoms with Crippen LogP contribution >= 0.6 is 0 Å². The summed E-state index contributed by atoms with van der Waals surface area (Å²) < 4.78 is 24.6. The van der Waals surface area contributed by atoms with Crippen LogP contribution in [0.5, 0.6) is 0 Å². The summed E-state index contributed by atoms with van der Waals surface area (Å²) in [6.45, 7) is 1.58. The second-order valence-corrected chi connectivity index (χ2v) is 6.40. The van der Waals surface area contributed by atoms with Gasteiger partial charge in [-0.1, -0.05) is 0 Å². The number of carboxylic acid groups (broad SMARTS) is 1. The molecule has 0 spiro atoms. The van der Waals surface area contributed by atoms with E-state index >= 15 is 0 Å². The molecular weight excluding hydrogens is 260 g/mol. The number of hydrogen-bond acceptors (Lipinski definition) is 4. The van der Waals surface area contributed by atoms with Crippen molar-refractivity contribution in [1.82, 2.24) is 9.62 Å². The number of nitrogens with zero attached hydrogens (tertiary/aromatic N) is 1. The van der Waals surface area contributed by atoms with Crippen LogP contribution < -0.4 is 5.32 Å². The molecule has 1 rings (SSSR count). The fourth-order valence-corrected chi connectivity index (χ4v) is 3.77. The molecule has 0 unspecified atom stereocenters. The van der Waals surface area contributed by atoms with Crippen LogP contribution in [0.25, 0.3) is 0 Å². The number of carbonyl (C=O) groups is 2. The summed E-state index contributed by atoms with van der Waals surface area (Å²) in [5, 5.41) is 11.3. The topological polar surface area (TPSA) is 104 Å². The summed E-state index contributed by atoms with van der Waals surface area (Å²) in [6, 6.07) is -0.871. The molecule has 0 aromatic rings. The number of hydrogen-bond donors (Lipinski definition) is 2. The van der Waals surface area contributed by atoms with E-state index in [2.05, 4.69) is 5.32 Å². The first-order chi connectivity index (χ1) is 8.21. The molecule has 1 amide bonds. The highest BCUT2D eigenvalue weighted by atomic mass is 32.2. The predicted octanol–water partition coefficient (Wildman–Crippen LogP) is -0.610. The predicted molar refractivity (Wildman–Crippen MR) is 64.4 cm³/mol. The van der Waals surface area contributed by atoms with Crippen molar-refractivity contribution in [1.29, 1.82) is 0 Å². The van der Waals surface area contributed by atoms with Crippen LogP contribution in [0, 0.1) is 0 Å². The molecule has 2 N–H and O–H groups in total. The Balaban J connectivity index is 2.80. The highest BCUT2D eigenvalue weighted by Crippen LogP contribution is 2.28. The van der Waals surface area contributed by atoms with Crippen LogP contribution in [0.15, 0.2) is 0 Å². The van der Waals surface area contributed by atoms with Crippen LogP contribution in [0.3, 0.4) is 0 Å². The molecule has 0 aromatic heterocycles. The number of aliphatic carboxylic acids is 1. The van der Waals surface area contributed by atoms with Gasteiger partial charge >= 0.3 is 5.97 Å². The lowest BCUT2D eigenvalue weighted by atomic mass is 10.1. The van der Waals surface area contributed by atoms with Crippen molar-refractivity contribution >= 4 is 21.9 Å². The molecule has 1 aliphatic rings. The Labute approximate surface area is 106 Å². The number of carbonyl (C=O) groups excluding carboxylic acids is 1. The lowest BCUT2D eigenvalue weighted by Crippen LogP contribution is -2.46. The molecule has 0 aromatic carbocycles. The number of nitrogens with one attached hydrogen (secondary N) is 1. The second kappa shape index (κ2) is 5.66. The van der Waals surface area contributed by atoms with E-state index in [0.29, 0.717) is 12.8 Å². The zero-order chi connectivity index (χ0) is 13.9. The standard InChI is InChI=1S/C10H18N2O5S/c1-7(13)11-6-9-4-3-8(5-10(14)15)12(9)18(2,16)17/h8-9H,3-6H2,1-2H3,(H,11,13)(H,14,15)/t8-,9+/m1/s1. The van der Waals surface area contributed by atoms with E-state index < -0.39 is 22.0 Å². The molecule has 104 valence electrons. The maximum Gasteiger partial charge on any atom is 0.304 e. The van der Waals surface area contributed by atoms with Crippen LogP contribution in [0.2, 0.25) is 0 Å². The summed E-state index contributed by atoms with van der Waals surface area (Å²) >= 11 is 0. The Morgan fingerprint density at radius 2 is 1.89 bits per heavy atom. The molecule has 1 aliphatic heterocycles. The normalized spacial score (nSPS) is 25.0. The molecule has 18 heavy (non-hydrogen) atoms. The van der Waals surface area contributed by atoms with E-state index in [1.54, 1.807) is 0 Å². The van der Waals surface area contributed by atoms with Crippen LogP contribution in [-0.4, -0.2) is 54.6 Å². The summed E-state index contributed by atoms with van der Waals surface area (Å²) in [7, 11) is -3.48. The Hall–Kier alpha value is -1.15. The van der Waals surface area contributed by atoms with Gasteiger partial charge in [0.2, 0.25) is 15.9 Å². The van der Waals surface area contributed by atoms with Gasteiger partial charge in [0.15, 0.2) is 0 Å². The highest BCUT2D eigenvalue weighted by Gasteiger charge is 2.40. The first-order valence-corrected chi connectivity index (χ1v) is 7.51. The van der Waals surface area contributed by atoms with Gasteiger partial charge < -0.3 is 10.4 Å². The first-order valence-electron chi connectivity index (χ1n) is 5.66. The Morgan fingerprint density at radius 1 is 1.33 bits per heavy atom. The second-order valence-electron chi connectivity index (χ2n) is 4.51. The molecule has 7 nitrogen and oxygen atoms in total. The van der Waals surface area contributed by atoms with Gasteiger partial charge in [0.1, 0.15) is 0 Å². The van der Waals surface area contributed by atoms with Gasteiger partial charge in [0.25, 0.3) is 0 Å². The third-order valence-electron chi connectivity index (χ3n) is 2.93. The van der Waals surface area contributed by atoms with Crippen LogP contribution in [-0.2, 0) is 19.6 Å². The van der Waals surface area contributed by atoms with Crippen molar-refractivity contribution in [2.75, 3.05) is 12.8 Å². The van der Waals surface area contributed by atoms with Gasteiger partial charge in [-0.3, -0.25) is 9.59 Å². The Bertz CT molecular complexity index is 434. The quantitative estimate of drug-likeness (QED) is 0.698. The molecule has 1 saturated heterocycles. The zero-order valence-corrected chi connectivity index (χ0v) is 11.2. The smallest absolute Gasteiger partial charge is 0.304 e. The van der Waals surface area contributed by atoms with Gasteiger partial charge in [-0.05, 0) is 12.8 Å². The van der Waals surface area contributed by atoms with E-state index in [9.17, 15) is 18.0 Å². The molecule has 0 aliphatic carbocycles. The third-order valence-corrected chi connectivity index (χ3v) is 4.29. The Kier molecular flexibility index (Phi) is 4.69. The number of rotatable bonds is 5. The van der Waals surface area contributed by atoms with Gasteiger partial charge in [-0.25, -0.2) is 8.42 Å². The minimum atomic E-state index is -3.48. The van der Waals surface area contributed by atoms with E-state index in [-0.39, 0.29) is 24.9 Å². The molecule has 0 saturated carbocycles.